The van der Waals surface area contributed by atoms with E-state index in [0.29, 0.717) is 12.6 Å². The van der Waals surface area contributed by atoms with Crippen molar-refractivity contribution in [3.8, 4) is 0 Å². The average Bonchev–Trinajstić information content (AvgIpc) is 2.63. The molecule has 1 aliphatic heterocycles. The van der Waals surface area contributed by atoms with Crippen LogP contribution in [-0.4, -0.2) is 35.4 Å². The van der Waals surface area contributed by atoms with Crippen LogP contribution in [0.4, 0.5) is 5.82 Å². The van der Waals surface area contributed by atoms with E-state index in [1.165, 1.54) is 12.0 Å². The van der Waals surface area contributed by atoms with Gasteiger partial charge in [0.1, 0.15) is 11.2 Å². The molecule has 5 nitrogen and oxygen atoms in total. The van der Waals surface area contributed by atoms with Gasteiger partial charge in [0.25, 0.3) is 0 Å². The predicted octanol–water partition coefficient (Wildman–Crippen LogP) is 3.07. The van der Waals surface area contributed by atoms with E-state index in [2.05, 4.69) is 40.8 Å². The van der Waals surface area contributed by atoms with Crippen molar-refractivity contribution in [3.05, 3.63) is 59.3 Å². The Morgan fingerprint density at radius 3 is 2.70 bits per heavy atom. The number of nitrogens with one attached hydrogen (secondary N) is 2. The van der Waals surface area contributed by atoms with Crippen LogP contribution in [0.5, 0.6) is 0 Å². The van der Waals surface area contributed by atoms with Crippen molar-refractivity contribution in [1.82, 2.24) is 15.2 Å². The second kappa shape index (κ2) is 7.31. The molecular formula is C22H28N4O. The molecule has 1 atom stereocenters. The molecular weight excluding hydrogens is 336 g/mol. The summed E-state index contributed by atoms with van der Waals surface area (Å²) in [4.78, 5) is 20.2. The fourth-order valence-electron chi connectivity index (χ4n) is 4.02. The van der Waals surface area contributed by atoms with Gasteiger partial charge < -0.3 is 15.5 Å². The molecule has 2 aliphatic rings. The van der Waals surface area contributed by atoms with Crippen LogP contribution in [0.1, 0.15) is 43.0 Å². The van der Waals surface area contributed by atoms with E-state index in [4.69, 9.17) is 4.98 Å². The summed E-state index contributed by atoms with van der Waals surface area (Å²) in [5.74, 6) is 0.928. The summed E-state index contributed by atoms with van der Waals surface area (Å²) in [6.07, 6.45) is 3.40. The molecule has 1 unspecified atom stereocenters. The Kier molecular flexibility index (Phi) is 4.87. The van der Waals surface area contributed by atoms with Gasteiger partial charge in [0.05, 0.1) is 5.69 Å². The standard InChI is InChI=1S/C22H28N4O/c1-22(21(27)24-18-9-6-10-18)15-26(2)14-17-11-12-19(25-20(17)22)23-13-16-7-4-3-5-8-16/h3-5,7-8,11-12,18H,6,9-10,13-15H2,1-2H3,(H,23,25)(H,24,27). The third-order valence-corrected chi connectivity index (χ3v) is 5.79. The highest BCUT2D eigenvalue weighted by molar-refractivity contribution is 5.88. The van der Waals surface area contributed by atoms with Crippen LogP contribution >= 0.6 is 0 Å². The predicted molar refractivity (Wildman–Crippen MR) is 107 cm³/mol. The number of carbonyl (C=O) groups is 1. The summed E-state index contributed by atoms with van der Waals surface area (Å²) in [5, 5.41) is 6.65. The molecule has 1 fully saturated rings. The van der Waals surface area contributed by atoms with Crippen LogP contribution < -0.4 is 10.6 Å². The Hall–Kier alpha value is -2.40. The van der Waals surface area contributed by atoms with E-state index in [1.807, 2.05) is 31.2 Å². The van der Waals surface area contributed by atoms with Crippen molar-refractivity contribution in [1.29, 1.82) is 0 Å². The molecule has 2 N–H and O–H groups in total. The normalized spacial score (nSPS) is 22.6. The molecule has 1 aromatic carbocycles. The molecule has 1 amide bonds. The lowest BCUT2D eigenvalue weighted by Crippen LogP contribution is -2.55. The van der Waals surface area contributed by atoms with Crippen LogP contribution in [0.15, 0.2) is 42.5 Å². The highest BCUT2D eigenvalue weighted by Crippen LogP contribution is 2.34. The maximum absolute atomic E-state index is 13.1. The topological polar surface area (TPSA) is 57.3 Å². The van der Waals surface area contributed by atoms with Crippen LogP contribution in [0.25, 0.3) is 0 Å². The summed E-state index contributed by atoms with van der Waals surface area (Å²) in [6, 6.07) is 14.7. The lowest BCUT2D eigenvalue weighted by atomic mass is 9.78. The van der Waals surface area contributed by atoms with Crippen molar-refractivity contribution in [2.45, 2.75) is 50.7 Å². The summed E-state index contributed by atoms with van der Waals surface area (Å²) < 4.78 is 0. The smallest absolute Gasteiger partial charge is 0.233 e. The van der Waals surface area contributed by atoms with Crippen LogP contribution in [-0.2, 0) is 23.3 Å². The number of carbonyl (C=O) groups excluding carboxylic acids is 1. The third-order valence-electron chi connectivity index (χ3n) is 5.79. The third kappa shape index (κ3) is 3.69. The number of nitrogens with zero attached hydrogens (tertiary/aromatic N) is 2. The van der Waals surface area contributed by atoms with Gasteiger partial charge in [-0.1, -0.05) is 36.4 Å². The minimum atomic E-state index is -0.623. The molecule has 27 heavy (non-hydrogen) atoms. The van der Waals surface area contributed by atoms with Gasteiger partial charge in [0.2, 0.25) is 5.91 Å². The number of aromatic nitrogens is 1. The van der Waals surface area contributed by atoms with Gasteiger partial charge in [-0.25, -0.2) is 4.98 Å². The molecule has 1 aromatic heterocycles. The highest BCUT2D eigenvalue weighted by Gasteiger charge is 2.43. The number of hydrogen-bond donors (Lipinski definition) is 2. The average molecular weight is 364 g/mol. The van der Waals surface area contributed by atoms with Crippen LogP contribution in [0.3, 0.4) is 0 Å². The molecule has 0 bridgehead atoms. The van der Waals surface area contributed by atoms with Crippen molar-refractivity contribution in [2.24, 2.45) is 0 Å². The second-order valence-corrected chi connectivity index (χ2v) is 8.15. The van der Waals surface area contributed by atoms with Gasteiger partial charge in [-0.3, -0.25) is 4.79 Å². The van der Waals surface area contributed by atoms with Crippen molar-refractivity contribution in [3.63, 3.8) is 0 Å². The highest BCUT2D eigenvalue weighted by atomic mass is 16.2. The van der Waals surface area contributed by atoms with Gasteiger partial charge in [0, 0.05) is 25.7 Å². The van der Waals surface area contributed by atoms with Crippen LogP contribution in [0.2, 0.25) is 0 Å². The number of likely N-dealkylation sites (N-methyl/N-ethyl adjacent to an activating group) is 1. The Balaban J connectivity index is 1.57. The van der Waals surface area contributed by atoms with Crippen molar-refractivity contribution < 1.29 is 4.79 Å². The summed E-state index contributed by atoms with van der Waals surface area (Å²) in [6.45, 7) is 4.27. The molecule has 2 heterocycles. The number of amides is 1. The van der Waals surface area contributed by atoms with E-state index >= 15 is 0 Å². The first kappa shape index (κ1) is 18.0. The maximum Gasteiger partial charge on any atom is 0.233 e. The number of benzene rings is 1. The Bertz CT molecular complexity index is 818. The molecule has 5 heteroatoms. The largest absolute Gasteiger partial charge is 0.366 e. The van der Waals surface area contributed by atoms with Crippen molar-refractivity contribution in [2.75, 3.05) is 18.9 Å². The Morgan fingerprint density at radius 2 is 2.00 bits per heavy atom. The summed E-state index contributed by atoms with van der Waals surface area (Å²) >= 11 is 0. The molecule has 0 saturated heterocycles. The Morgan fingerprint density at radius 1 is 1.22 bits per heavy atom. The first-order valence-electron chi connectivity index (χ1n) is 9.82. The minimum Gasteiger partial charge on any atom is -0.366 e. The Labute approximate surface area is 161 Å². The quantitative estimate of drug-likeness (QED) is 0.856. The van der Waals surface area contributed by atoms with Gasteiger partial charge in [-0.05, 0) is 50.4 Å². The SMILES string of the molecule is CN1Cc2ccc(NCc3ccccc3)nc2C(C)(C(=O)NC2CCC2)C1. The zero-order valence-corrected chi connectivity index (χ0v) is 16.2. The molecule has 1 aliphatic carbocycles. The fourth-order valence-corrected chi connectivity index (χ4v) is 4.02. The molecule has 0 radical (unpaired) electrons. The molecule has 1 saturated carbocycles. The maximum atomic E-state index is 13.1. The lowest BCUT2D eigenvalue weighted by Gasteiger charge is -2.40. The number of fused-ring (bicyclic) bond motifs is 1. The van der Waals surface area contributed by atoms with E-state index in [9.17, 15) is 4.79 Å². The molecule has 4 rings (SSSR count). The van der Waals surface area contributed by atoms with Gasteiger partial charge in [0.15, 0.2) is 0 Å². The number of anilines is 1. The lowest BCUT2D eigenvalue weighted by molar-refractivity contribution is -0.128. The first-order chi connectivity index (χ1) is 13.0. The summed E-state index contributed by atoms with van der Waals surface area (Å²) in [5.41, 5.74) is 2.64. The van der Waals surface area contributed by atoms with E-state index in [0.717, 1.165) is 43.0 Å². The van der Waals surface area contributed by atoms with E-state index < -0.39 is 5.41 Å². The van der Waals surface area contributed by atoms with E-state index in [1.54, 1.807) is 0 Å². The van der Waals surface area contributed by atoms with Gasteiger partial charge in [-0.2, -0.15) is 0 Å². The monoisotopic (exact) mass is 364 g/mol. The van der Waals surface area contributed by atoms with Crippen molar-refractivity contribution >= 4 is 11.7 Å². The zero-order valence-electron chi connectivity index (χ0n) is 16.2. The fraction of sp³-hybridized carbons (Fsp3) is 0.455. The van der Waals surface area contributed by atoms with Crippen LogP contribution in [0, 0.1) is 0 Å². The van der Waals surface area contributed by atoms with Gasteiger partial charge >= 0.3 is 0 Å². The second-order valence-electron chi connectivity index (χ2n) is 8.15. The molecule has 0 spiro atoms. The first-order valence-corrected chi connectivity index (χ1v) is 9.82. The molecule has 2 aromatic rings. The van der Waals surface area contributed by atoms with Gasteiger partial charge in [-0.15, -0.1) is 0 Å². The number of rotatable bonds is 5. The molecule has 142 valence electrons. The summed E-state index contributed by atoms with van der Waals surface area (Å²) in [7, 11) is 2.07. The minimum absolute atomic E-state index is 0.104. The number of hydrogen-bond acceptors (Lipinski definition) is 4. The number of pyridine rings is 1. The zero-order chi connectivity index (χ0) is 18.9. The van der Waals surface area contributed by atoms with E-state index in [-0.39, 0.29) is 5.91 Å².